The van der Waals surface area contributed by atoms with Crippen molar-refractivity contribution < 1.29 is 18.3 Å². The van der Waals surface area contributed by atoms with Gasteiger partial charge in [0.05, 0.1) is 11.6 Å². The Morgan fingerprint density at radius 1 is 1.11 bits per heavy atom. The molecule has 0 unspecified atom stereocenters. The first kappa shape index (κ1) is 13.6. The van der Waals surface area contributed by atoms with Gasteiger partial charge in [0.1, 0.15) is 5.82 Å². The number of ether oxygens (including phenoxy) is 2. The molecule has 100 valence electrons. The van der Waals surface area contributed by atoms with E-state index in [-0.39, 0.29) is 11.5 Å². The van der Waals surface area contributed by atoms with Gasteiger partial charge in [-0.15, -0.1) is 0 Å². The molecule has 0 bridgehead atoms. The zero-order valence-electron chi connectivity index (χ0n) is 9.91. The molecule has 2 rings (SSSR count). The lowest BCUT2D eigenvalue weighted by Gasteiger charge is -2.13. The van der Waals surface area contributed by atoms with Crippen LogP contribution in [-0.4, -0.2) is 7.11 Å². The van der Waals surface area contributed by atoms with Crippen molar-refractivity contribution in [3.05, 3.63) is 46.4 Å². The average Bonchev–Trinajstić information content (AvgIpc) is 2.34. The maximum Gasteiger partial charge on any atom is 0.183 e. The molecule has 6 heteroatoms. The molecule has 0 aliphatic rings. The van der Waals surface area contributed by atoms with Crippen molar-refractivity contribution in [1.29, 1.82) is 0 Å². The first-order chi connectivity index (χ1) is 9.01. The van der Waals surface area contributed by atoms with Crippen molar-refractivity contribution in [1.82, 2.24) is 0 Å². The van der Waals surface area contributed by atoms with E-state index in [1.165, 1.54) is 13.2 Å². The normalized spacial score (nSPS) is 10.3. The molecule has 2 aromatic rings. The van der Waals surface area contributed by atoms with Crippen LogP contribution in [-0.2, 0) is 0 Å². The molecule has 2 aromatic carbocycles. The molecule has 3 nitrogen and oxygen atoms in total. The Hall–Kier alpha value is -1.82. The zero-order chi connectivity index (χ0) is 14.0. The maximum atomic E-state index is 13.5. The molecular weight excluding hydrogens is 320 g/mol. The molecule has 0 saturated carbocycles. The summed E-state index contributed by atoms with van der Waals surface area (Å²) in [6.45, 7) is 0. The minimum Gasteiger partial charge on any atom is -0.493 e. The van der Waals surface area contributed by atoms with Crippen LogP contribution in [0.1, 0.15) is 0 Å². The van der Waals surface area contributed by atoms with Crippen LogP contribution in [0.4, 0.5) is 14.5 Å². The first-order valence-corrected chi connectivity index (χ1v) is 6.06. The lowest BCUT2D eigenvalue weighted by Crippen LogP contribution is -1.96. The molecule has 0 aromatic heterocycles. The van der Waals surface area contributed by atoms with E-state index in [1.807, 2.05) is 0 Å². The lowest BCUT2D eigenvalue weighted by molar-refractivity contribution is 0.369. The summed E-state index contributed by atoms with van der Waals surface area (Å²) < 4.78 is 37.4. The van der Waals surface area contributed by atoms with E-state index < -0.39 is 11.6 Å². The second-order valence-corrected chi connectivity index (χ2v) is 4.57. The van der Waals surface area contributed by atoms with Gasteiger partial charge in [-0.2, -0.15) is 0 Å². The number of hydrogen-bond donors (Lipinski definition) is 1. The van der Waals surface area contributed by atoms with Crippen molar-refractivity contribution >= 4 is 21.6 Å². The minimum absolute atomic E-state index is 0.106. The predicted molar refractivity (Wildman–Crippen MR) is 71.5 cm³/mol. The van der Waals surface area contributed by atoms with Gasteiger partial charge in [0.25, 0.3) is 0 Å². The highest BCUT2D eigenvalue weighted by atomic mass is 79.9. The standard InChI is InChI=1S/C13H10BrF2NO2/c1-18-12-6-8(17)5-9(14)13(12)19-11-3-2-7(15)4-10(11)16/h2-6H,17H2,1H3. The molecule has 0 amide bonds. The quantitative estimate of drug-likeness (QED) is 0.862. The summed E-state index contributed by atoms with van der Waals surface area (Å²) in [6.07, 6.45) is 0. The second-order valence-electron chi connectivity index (χ2n) is 3.71. The topological polar surface area (TPSA) is 44.5 Å². The summed E-state index contributed by atoms with van der Waals surface area (Å²) >= 11 is 3.25. The lowest BCUT2D eigenvalue weighted by atomic mass is 10.2. The van der Waals surface area contributed by atoms with E-state index in [9.17, 15) is 8.78 Å². The Labute approximate surface area is 117 Å². The summed E-state index contributed by atoms with van der Waals surface area (Å²) in [5, 5.41) is 0. The molecule has 0 heterocycles. The van der Waals surface area contributed by atoms with E-state index in [2.05, 4.69) is 15.9 Å². The molecule has 0 aliphatic carbocycles. The van der Waals surface area contributed by atoms with Crippen LogP contribution in [0, 0.1) is 11.6 Å². The van der Waals surface area contributed by atoms with Gasteiger partial charge >= 0.3 is 0 Å². The number of nitrogen functional groups attached to an aromatic ring is 1. The van der Waals surface area contributed by atoms with E-state index >= 15 is 0 Å². The van der Waals surface area contributed by atoms with E-state index in [1.54, 1.807) is 12.1 Å². The molecule has 0 spiro atoms. The summed E-state index contributed by atoms with van der Waals surface area (Å²) in [7, 11) is 1.44. The van der Waals surface area contributed by atoms with Crippen LogP contribution in [0.5, 0.6) is 17.2 Å². The highest BCUT2D eigenvalue weighted by Gasteiger charge is 2.14. The van der Waals surface area contributed by atoms with Crippen molar-refractivity contribution in [2.75, 3.05) is 12.8 Å². The van der Waals surface area contributed by atoms with Crippen LogP contribution in [0.25, 0.3) is 0 Å². The molecule has 0 atom stereocenters. The number of benzene rings is 2. The van der Waals surface area contributed by atoms with E-state index in [0.29, 0.717) is 15.9 Å². The summed E-state index contributed by atoms with van der Waals surface area (Å²) in [5.74, 6) is -0.970. The van der Waals surface area contributed by atoms with Crippen LogP contribution < -0.4 is 15.2 Å². The Morgan fingerprint density at radius 2 is 1.84 bits per heavy atom. The van der Waals surface area contributed by atoms with Gasteiger partial charge in [-0.05, 0) is 34.1 Å². The fourth-order valence-corrected chi connectivity index (χ4v) is 2.05. The smallest absolute Gasteiger partial charge is 0.183 e. The third-order valence-electron chi connectivity index (χ3n) is 2.36. The third kappa shape index (κ3) is 2.96. The first-order valence-electron chi connectivity index (χ1n) is 5.27. The van der Waals surface area contributed by atoms with E-state index in [0.717, 1.165) is 12.1 Å². The highest BCUT2D eigenvalue weighted by molar-refractivity contribution is 9.10. The predicted octanol–water partition coefficient (Wildman–Crippen LogP) is 4.11. The van der Waals surface area contributed by atoms with Gasteiger partial charge in [-0.1, -0.05) is 0 Å². The van der Waals surface area contributed by atoms with Crippen LogP contribution in [0.15, 0.2) is 34.8 Å². The van der Waals surface area contributed by atoms with Crippen LogP contribution in [0.2, 0.25) is 0 Å². The highest BCUT2D eigenvalue weighted by Crippen LogP contribution is 2.40. The fourth-order valence-electron chi connectivity index (χ4n) is 1.51. The van der Waals surface area contributed by atoms with Crippen molar-refractivity contribution in [3.63, 3.8) is 0 Å². The Bertz CT molecular complexity index is 620. The minimum atomic E-state index is -0.800. The number of anilines is 1. The molecule has 0 saturated heterocycles. The zero-order valence-corrected chi connectivity index (χ0v) is 11.5. The molecule has 19 heavy (non-hydrogen) atoms. The van der Waals surface area contributed by atoms with Gasteiger partial charge < -0.3 is 15.2 Å². The van der Waals surface area contributed by atoms with Gasteiger partial charge in [-0.25, -0.2) is 8.78 Å². The maximum absolute atomic E-state index is 13.5. The molecular formula is C13H10BrF2NO2. The average molecular weight is 330 g/mol. The molecule has 0 radical (unpaired) electrons. The summed E-state index contributed by atoms with van der Waals surface area (Å²) in [4.78, 5) is 0. The second kappa shape index (κ2) is 5.44. The number of hydrogen-bond acceptors (Lipinski definition) is 3. The summed E-state index contributed by atoms with van der Waals surface area (Å²) in [5.41, 5.74) is 6.13. The van der Waals surface area contributed by atoms with Gasteiger partial charge in [0, 0.05) is 17.8 Å². The van der Waals surface area contributed by atoms with Crippen molar-refractivity contribution in [2.45, 2.75) is 0 Å². The number of halogens is 3. The largest absolute Gasteiger partial charge is 0.493 e. The Balaban J connectivity index is 2.43. The Kier molecular flexibility index (Phi) is 3.90. The van der Waals surface area contributed by atoms with Crippen LogP contribution >= 0.6 is 15.9 Å². The van der Waals surface area contributed by atoms with Crippen molar-refractivity contribution in [2.24, 2.45) is 0 Å². The molecule has 0 aliphatic heterocycles. The third-order valence-corrected chi connectivity index (χ3v) is 2.95. The number of rotatable bonds is 3. The number of methoxy groups -OCH3 is 1. The Morgan fingerprint density at radius 3 is 2.47 bits per heavy atom. The van der Waals surface area contributed by atoms with Crippen LogP contribution in [0.3, 0.4) is 0 Å². The monoisotopic (exact) mass is 329 g/mol. The fraction of sp³-hybridized carbons (Fsp3) is 0.0769. The van der Waals surface area contributed by atoms with Gasteiger partial charge in [0.15, 0.2) is 23.1 Å². The summed E-state index contributed by atoms with van der Waals surface area (Å²) in [6, 6.07) is 6.19. The van der Waals surface area contributed by atoms with Gasteiger partial charge in [0.2, 0.25) is 0 Å². The molecule has 2 N–H and O–H groups in total. The SMILES string of the molecule is COc1cc(N)cc(Br)c1Oc1ccc(F)cc1F. The number of nitrogens with two attached hydrogens (primary N) is 1. The van der Waals surface area contributed by atoms with E-state index in [4.69, 9.17) is 15.2 Å². The molecule has 0 fully saturated rings. The van der Waals surface area contributed by atoms with Crippen molar-refractivity contribution in [3.8, 4) is 17.2 Å². The van der Waals surface area contributed by atoms with Gasteiger partial charge in [-0.3, -0.25) is 0 Å².